The van der Waals surface area contributed by atoms with E-state index in [0.29, 0.717) is 13.2 Å². The van der Waals surface area contributed by atoms with Crippen molar-refractivity contribution in [2.45, 2.75) is 38.5 Å². The first kappa shape index (κ1) is 12.3. The van der Waals surface area contributed by atoms with Gasteiger partial charge in [-0.2, -0.15) is 0 Å². The first-order valence-corrected chi connectivity index (χ1v) is 7.36. The van der Waals surface area contributed by atoms with Gasteiger partial charge < -0.3 is 9.47 Å². The minimum atomic E-state index is -3.21. The lowest BCUT2D eigenvalue weighted by Gasteiger charge is -2.18. The van der Waals surface area contributed by atoms with Gasteiger partial charge in [-0.15, -0.1) is 0 Å². The molecule has 2 fully saturated rings. The summed E-state index contributed by atoms with van der Waals surface area (Å²) in [6.45, 7) is 4.86. The van der Waals surface area contributed by atoms with Crippen LogP contribution >= 0.6 is 0 Å². The predicted molar refractivity (Wildman–Crippen MR) is 59.6 cm³/mol. The standard InChI is InChI=1S/C10H19NO4S/c1-7(2)6-16(12,13)11-8-5-15-9-3-4-14-10(8)9/h7-11H,3-6H2,1-2H3/t8-,9?,10?/m1/s1. The molecule has 1 N–H and O–H groups in total. The van der Waals surface area contributed by atoms with Gasteiger partial charge in [-0.1, -0.05) is 13.8 Å². The molecule has 94 valence electrons. The average Bonchev–Trinajstić information content (AvgIpc) is 2.66. The van der Waals surface area contributed by atoms with E-state index in [1.807, 2.05) is 13.8 Å². The van der Waals surface area contributed by atoms with E-state index in [-0.39, 0.29) is 29.9 Å². The maximum absolute atomic E-state index is 11.8. The molecule has 0 spiro atoms. The molecule has 0 amide bonds. The molecule has 0 aromatic carbocycles. The molecule has 0 radical (unpaired) electrons. The van der Waals surface area contributed by atoms with Crippen molar-refractivity contribution in [2.75, 3.05) is 19.0 Å². The molecular weight excluding hydrogens is 230 g/mol. The second kappa shape index (κ2) is 4.60. The molecule has 2 rings (SSSR count). The quantitative estimate of drug-likeness (QED) is 0.768. The Balaban J connectivity index is 1.94. The highest BCUT2D eigenvalue weighted by Gasteiger charge is 2.43. The molecule has 0 aromatic heterocycles. The Morgan fingerprint density at radius 1 is 1.38 bits per heavy atom. The summed E-state index contributed by atoms with van der Waals surface area (Å²) in [6, 6.07) is -0.212. The summed E-state index contributed by atoms with van der Waals surface area (Å²) in [5.74, 6) is 0.279. The van der Waals surface area contributed by atoms with Gasteiger partial charge in [0.2, 0.25) is 10.0 Å². The lowest BCUT2D eigenvalue weighted by atomic mass is 10.1. The first-order valence-electron chi connectivity index (χ1n) is 5.71. The fraction of sp³-hybridized carbons (Fsp3) is 1.00. The van der Waals surface area contributed by atoms with E-state index in [2.05, 4.69) is 4.72 Å². The predicted octanol–water partition coefficient (Wildman–Crippen LogP) is 0.118. The lowest BCUT2D eigenvalue weighted by molar-refractivity contribution is 0.0699. The molecule has 0 aliphatic carbocycles. The average molecular weight is 249 g/mol. The van der Waals surface area contributed by atoms with E-state index >= 15 is 0 Å². The summed E-state index contributed by atoms with van der Waals surface area (Å²) in [5, 5.41) is 0. The first-order chi connectivity index (χ1) is 7.48. The van der Waals surface area contributed by atoms with E-state index in [1.165, 1.54) is 0 Å². The molecule has 0 aromatic rings. The Labute approximate surface area is 96.5 Å². The van der Waals surface area contributed by atoms with Crippen LogP contribution < -0.4 is 4.72 Å². The Morgan fingerprint density at radius 2 is 2.12 bits per heavy atom. The van der Waals surface area contributed by atoms with Gasteiger partial charge in [0.1, 0.15) is 6.10 Å². The summed E-state index contributed by atoms with van der Waals surface area (Å²) >= 11 is 0. The third-order valence-electron chi connectivity index (χ3n) is 2.85. The normalized spacial score (nSPS) is 34.6. The van der Waals surface area contributed by atoms with E-state index in [4.69, 9.17) is 9.47 Å². The minimum Gasteiger partial charge on any atom is -0.374 e. The van der Waals surface area contributed by atoms with Crippen molar-refractivity contribution in [1.82, 2.24) is 4.72 Å². The fourth-order valence-corrected chi connectivity index (χ4v) is 3.92. The highest BCUT2D eigenvalue weighted by Crippen LogP contribution is 2.26. The summed E-state index contributed by atoms with van der Waals surface area (Å²) < 4.78 is 37.2. The molecule has 2 aliphatic heterocycles. The molecule has 0 bridgehead atoms. The van der Waals surface area contributed by atoms with Crippen LogP contribution in [0, 0.1) is 5.92 Å². The zero-order chi connectivity index (χ0) is 11.8. The van der Waals surface area contributed by atoms with Crippen molar-refractivity contribution in [2.24, 2.45) is 5.92 Å². The number of sulfonamides is 1. The smallest absolute Gasteiger partial charge is 0.212 e. The van der Waals surface area contributed by atoms with Crippen molar-refractivity contribution in [3.8, 4) is 0 Å². The maximum Gasteiger partial charge on any atom is 0.212 e. The maximum atomic E-state index is 11.8. The Morgan fingerprint density at radius 3 is 2.81 bits per heavy atom. The molecule has 0 saturated carbocycles. The van der Waals surface area contributed by atoms with Gasteiger partial charge in [0, 0.05) is 6.61 Å². The van der Waals surface area contributed by atoms with Gasteiger partial charge in [0.15, 0.2) is 0 Å². The largest absolute Gasteiger partial charge is 0.374 e. The second-order valence-corrected chi connectivity index (χ2v) is 6.69. The topological polar surface area (TPSA) is 64.6 Å². The summed E-state index contributed by atoms with van der Waals surface area (Å²) in [7, 11) is -3.21. The number of hydrogen-bond acceptors (Lipinski definition) is 4. The van der Waals surface area contributed by atoms with Crippen LogP contribution in [0.25, 0.3) is 0 Å². The van der Waals surface area contributed by atoms with E-state index in [0.717, 1.165) is 6.42 Å². The number of nitrogens with one attached hydrogen (secondary N) is 1. The number of rotatable bonds is 4. The van der Waals surface area contributed by atoms with Gasteiger partial charge >= 0.3 is 0 Å². The highest BCUT2D eigenvalue weighted by atomic mass is 32.2. The van der Waals surface area contributed by atoms with Gasteiger partial charge in [-0.05, 0) is 12.3 Å². The summed E-state index contributed by atoms with van der Waals surface area (Å²) in [6.07, 6.45) is 0.848. The molecule has 16 heavy (non-hydrogen) atoms. The van der Waals surface area contributed by atoms with Crippen LogP contribution in [-0.4, -0.2) is 45.6 Å². The molecule has 3 atom stereocenters. The Kier molecular flexibility index (Phi) is 3.53. The SMILES string of the molecule is CC(C)CS(=O)(=O)N[C@@H]1COC2CCOC21. The van der Waals surface area contributed by atoms with Crippen LogP contribution in [0.4, 0.5) is 0 Å². The molecule has 5 nitrogen and oxygen atoms in total. The van der Waals surface area contributed by atoms with Crippen LogP contribution in [0.15, 0.2) is 0 Å². The van der Waals surface area contributed by atoms with Gasteiger partial charge in [0.25, 0.3) is 0 Å². The molecule has 6 heteroatoms. The zero-order valence-corrected chi connectivity index (χ0v) is 10.5. The number of hydrogen-bond donors (Lipinski definition) is 1. The fourth-order valence-electron chi connectivity index (χ4n) is 2.29. The lowest BCUT2D eigenvalue weighted by Crippen LogP contribution is -2.45. The van der Waals surface area contributed by atoms with Crippen molar-refractivity contribution in [3.63, 3.8) is 0 Å². The highest BCUT2D eigenvalue weighted by molar-refractivity contribution is 7.89. The molecule has 2 aliphatic rings. The van der Waals surface area contributed by atoms with Crippen LogP contribution in [0.1, 0.15) is 20.3 Å². The number of ether oxygens (including phenoxy) is 2. The van der Waals surface area contributed by atoms with Crippen LogP contribution in [-0.2, 0) is 19.5 Å². The zero-order valence-electron chi connectivity index (χ0n) is 9.68. The van der Waals surface area contributed by atoms with E-state index < -0.39 is 10.0 Å². The third-order valence-corrected chi connectivity index (χ3v) is 4.62. The van der Waals surface area contributed by atoms with Crippen molar-refractivity contribution in [3.05, 3.63) is 0 Å². The molecule has 2 saturated heterocycles. The summed E-state index contributed by atoms with van der Waals surface area (Å²) in [5.41, 5.74) is 0. The Bertz CT molecular complexity index is 341. The van der Waals surface area contributed by atoms with Crippen LogP contribution in [0.2, 0.25) is 0 Å². The number of fused-ring (bicyclic) bond motifs is 1. The third kappa shape index (κ3) is 2.74. The van der Waals surface area contributed by atoms with Gasteiger partial charge in [-0.25, -0.2) is 13.1 Å². The summed E-state index contributed by atoms with van der Waals surface area (Å²) in [4.78, 5) is 0. The monoisotopic (exact) mass is 249 g/mol. The van der Waals surface area contributed by atoms with Crippen LogP contribution in [0.3, 0.4) is 0 Å². The van der Waals surface area contributed by atoms with Crippen molar-refractivity contribution < 1.29 is 17.9 Å². The van der Waals surface area contributed by atoms with Crippen molar-refractivity contribution in [1.29, 1.82) is 0 Å². The van der Waals surface area contributed by atoms with Gasteiger partial charge in [-0.3, -0.25) is 0 Å². The van der Waals surface area contributed by atoms with Gasteiger partial charge in [0.05, 0.1) is 24.5 Å². The van der Waals surface area contributed by atoms with E-state index in [1.54, 1.807) is 0 Å². The van der Waals surface area contributed by atoms with Crippen molar-refractivity contribution >= 4 is 10.0 Å². The molecule has 2 unspecified atom stereocenters. The molecular formula is C10H19NO4S. The van der Waals surface area contributed by atoms with E-state index in [9.17, 15) is 8.42 Å². The minimum absolute atomic E-state index is 0.0757. The second-order valence-electron chi connectivity index (χ2n) is 4.90. The molecule has 2 heterocycles. The Hall–Kier alpha value is -0.170. The van der Waals surface area contributed by atoms with Crippen LogP contribution in [0.5, 0.6) is 0 Å².